The van der Waals surface area contributed by atoms with Crippen LogP contribution in [0.15, 0.2) is 35.4 Å². The number of para-hydroxylation sites is 1. The Balaban J connectivity index is 1.83. The molecule has 0 radical (unpaired) electrons. The lowest BCUT2D eigenvalue weighted by Crippen LogP contribution is -2.57. The number of carboxylic acids is 1. The van der Waals surface area contributed by atoms with Gasteiger partial charge in [0.15, 0.2) is 0 Å². The Hall–Kier alpha value is -2.74. The first-order valence-electron chi connectivity index (χ1n) is 9.02. The van der Waals surface area contributed by atoms with Gasteiger partial charge >= 0.3 is 5.97 Å². The summed E-state index contributed by atoms with van der Waals surface area (Å²) >= 11 is 0. The SMILES string of the molecule is CCC[C@]1(C(=O)O)CN(C(=O)Cn2cnc3ccccc3c2=O)CC[C@H]1O. The number of benzene rings is 1. The molecule has 0 bridgehead atoms. The quantitative estimate of drug-likeness (QED) is 0.804. The van der Waals surface area contributed by atoms with Gasteiger partial charge in [0.2, 0.25) is 5.91 Å². The zero-order valence-electron chi connectivity index (χ0n) is 15.2. The van der Waals surface area contributed by atoms with E-state index in [0.29, 0.717) is 17.3 Å². The molecule has 2 N–H and O–H groups in total. The highest BCUT2D eigenvalue weighted by Crippen LogP contribution is 2.35. The number of carbonyl (C=O) groups is 2. The first-order valence-corrected chi connectivity index (χ1v) is 9.02. The van der Waals surface area contributed by atoms with E-state index >= 15 is 0 Å². The van der Waals surface area contributed by atoms with Gasteiger partial charge in [0.05, 0.1) is 23.3 Å². The van der Waals surface area contributed by atoms with Crippen molar-refractivity contribution in [2.24, 2.45) is 5.41 Å². The molecule has 8 nitrogen and oxygen atoms in total. The van der Waals surface area contributed by atoms with Crippen LogP contribution in [0.1, 0.15) is 26.2 Å². The lowest BCUT2D eigenvalue weighted by Gasteiger charge is -2.43. The van der Waals surface area contributed by atoms with Crippen LogP contribution >= 0.6 is 0 Å². The van der Waals surface area contributed by atoms with E-state index < -0.39 is 17.5 Å². The predicted octanol–water partition coefficient (Wildman–Crippen LogP) is 0.861. The number of likely N-dealkylation sites (tertiary alicyclic amines) is 1. The maximum atomic E-state index is 12.7. The average Bonchev–Trinajstić information content (AvgIpc) is 2.66. The molecule has 3 rings (SSSR count). The number of carbonyl (C=O) groups excluding carboxylic acids is 1. The predicted molar refractivity (Wildman–Crippen MR) is 98.2 cm³/mol. The summed E-state index contributed by atoms with van der Waals surface area (Å²) in [5, 5.41) is 20.4. The summed E-state index contributed by atoms with van der Waals surface area (Å²) in [6, 6.07) is 6.89. The molecule has 2 atom stereocenters. The second kappa shape index (κ2) is 7.48. The van der Waals surface area contributed by atoms with E-state index in [1.54, 1.807) is 24.3 Å². The van der Waals surface area contributed by atoms with Crippen molar-refractivity contribution in [1.29, 1.82) is 0 Å². The maximum Gasteiger partial charge on any atom is 0.314 e. The van der Waals surface area contributed by atoms with E-state index in [4.69, 9.17) is 0 Å². The van der Waals surface area contributed by atoms with Crippen molar-refractivity contribution in [2.75, 3.05) is 13.1 Å². The van der Waals surface area contributed by atoms with Gasteiger partial charge in [-0.25, -0.2) is 4.98 Å². The van der Waals surface area contributed by atoms with Gasteiger partial charge in [-0.1, -0.05) is 25.5 Å². The van der Waals surface area contributed by atoms with E-state index in [9.17, 15) is 24.6 Å². The van der Waals surface area contributed by atoms with Gasteiger partial charge in [0.1, 0.15) is 12.0 Å². The fourth-order valence-electron chi connectivity index (χ4n) is 3.77. The Bertz CT molecular complexity index is 925. The molecule has 1 aliphatic rings. The number of carboxylic acid groups (broad SMARTS) is 1. The molecule has 2 aromatic rings. The summed E-state index contributed by atoms with van der Waals surface area (Å²) in [7, 11) is 0. The van der Waals surface area contributed by atoms with E-state index in [0.717, 1.165) is 0 Å². The monoisotopic (exact) mass is 373 g/mol. The number of piperidine rings is 1. The minimum atomic E-state index is -1.37. The summed E-state index contributed by atoms with van der Waals surface area (Å²) in [6.45, 7) is 1.83. The molecular formula is C19H23N3O5. The molecule has 2 heterocycles. The first-order chi connectivity index (χ1) is 12.9. The summed E-state index contributed by atoms with van der Waals surface area (Å²) in [5.74, 6) is -1.46. The van der Waals surface area contributed by atoms with Gasteiger partial charge in [0, 0.05) is 13.1 Å². The molecule has 0 saturated carbocycles. The molecule has 1 amide bonds. The van der Waals surface area contributed by atoms with Crippen LogP contribution < -0.4 is 5.56 Å². The zero-order valence-corrected chi connectivity index (χ0v) is 15.2. The van der Waals surface area contributed by atoms with E-state index in [-0.39, 0.29) is 43.9 Å². The number of aliphatic carboxylic acids is 1. The van der Waals surface area contributed by atoms with Crippen molar-refractivity contribution in [1.82, 2.24) is 14.5 Å². The van der Waals surface area contributed by atoms with Gasteiger partial charge in [0.25, 0.3) is 5.56 Å². The summed E-state index contributed by atoms with van der Waals surface area (Å²) in [4.78, 5) is 42.8. The molecule has 0 spiro atoms. The number of fused-ring (bicyclic) bond motifs is 1. The third-order valence-corrected chi connectivity index (χ3v) is 5.30. The number of aliphatic hydroxyl groups excluding tert-OH is 1. The number of aromatic nitrogens is 2. The van der Waals surface area contributed by atoms with E-state index in [1.807, 2.05) is 6.92 Å². The van der Waals surface area contributed by atoms with Crippen molar-refractivity contribution in [3.8, 4) is 0 Å². The van der Waals surface area contributed by atoms with Crippen LogP contribution in [-0.4, -0.2) is 55.7 Å². The van der Waals surface area contributed by atoms with Crippen LogP contribution in [0.5, 0.6) is 0 Å². The lowest BCUT2D eigenvalue weighted by atomic mass is 9.74. The Kier molecular flexibility index (Phi) is 5.27. The molecule has 1 aromatic heterocycles. The lowest BCUT2D eigenvalue weighted by molar-refractivity contribution is -0.167. The van der Waals surface area contributed by atoms with Crippen LogP contribution in [-0.2, 0) is 16.1 Å². The molecule has 0 unspecified atom stereocenters. The fourth-order valence-corrected chi connectivity index (χ4v) is 3.77. The number of hydrogen-bond donors (Lipinski definition) is 2. The van der Waals surface area contributed by atoms with Gasteiger partial charge in [-0.3, -0.25) is 19.0 Å². The first kappa shape index (κ1) is 19.0. The van der Waals surface area contributed by atoms with Crippen LogP contribution in [0.3, 0.4) is 0 Å². The van der Waals surface area contributed by atoms with Crippen LogP contribution in [0.2, 0.25) is 0 Å². The van der Waals surface area contributed by atoms with Crippen molar-refractivity contribution in [2.45, 2.75) is 38.8 Å². The largest absolute Gasteiger partial charge is 0.481 e. The van der Waals surface area contributed by atoms with Gasteiger partial charge in [-0.2, -0.15) is 0 Å². The molecule has 0 aliphatic carbocycles. The van der Waals surface area contributed by atoms with Crippen LogP contribution in [0, 0.1) is 5.41 Å². The van der Waals surface area contributed by atoms with Gasteiger partial charge < -0.3 is 15.1 Å². The molecular weight excluding hydrogens is 350 g/mol. The zero-order chi connectivity index (χ0) is 19.6. The molecule has 27 heavy (non-hydrogen) atoms. The van der Waals surface area contributed by atoms with Crippen LogP contribution in [0.4, 0.5) is 0 Å². The number of rotatable bonds is 5. The van der Waals surface area contributed by atoms with Crippen molar-refractivity contribution in [3.63, 3.8) is 0 Å². The summed E-state index contributed by atoms with van der Waals surface area (Å²) < 4.78 is 1.23. The van der Waals surface area contributed by atoms with E-state index in [2.05, 4.69) is 4.98 Å². The topological polar surface area (TPSA) is 113 Å². The molecule has 1 aromatic carbocycles. The minimum Gasteiger partial charge on any atom is -0.481 e. The minimum absolute atomic E-state index is 0.0636. The van der Waals surface area contributed by atoms with E-state index in [1.165, 1.54) is 15.8 Å². The molecule has 8 heteroatoms. The smallest absolute Gasteiger partial charge is 0.314 e. The highest BCUT2D eigenvalue weighted by atomic mass is 16.4. The Morgan fingerprint density at radius 3 is 2.78 bits per heavy atom. The van der Waals surface area contributed by atoms with Crippen LogP contribution in [0.25, 0.3) is 10.9 Å². The second-order valence-electron chi connectivity index (χ2n) is 7.03. The van der Waals surface area contributed by atoms with Crippen molar-refractivity contribution in [3.05, 3.63) is 40.9 Å². The van der Waals surface area contributed by atoms with Gasteiger partial charge in [-0.05, 0) is 25.0 Å². The maximum absolute atomic E-state index is 12.7. The van der Waals surface area contributed by atoms with Crippen molar-refractivity contribution >= 4 is 22.8 Å². The molecule has 1 saturated heterocycles. The average molecular weight is 373 g/mol. The molecule has 1 fully saturated rings. The summed E-state index contributed by atoms with van der Waals surface area (Å²) in [6.07, 6.45) is 1.40. The third kappa shape index (κ3) is 3.44. The number of aliphatic hydroxyl groups is 1. The second-order valence-corrected chi connectivity index (χ2v) is 7.03. The Morgan fingerprint density at radius 2 is 2.07 bits per heavy atom. The fraction of sp³-hybridized carbons (Fsp3) is 0.474. The molecule has 1 aliphatic heterocycles. The highest BCUT2D eigenvalue weighted by molar-refractivity contribution is 5.81. The number of amides is 1. The summed E-state index contributed by atoms with van der Waals surface area (Å²) in [5.41, 5.74) is -1.13. The normalized spacial score (nSPS) is 22.7. The Labute approximate surface area is 156 Å². The Morgan fingerprint density at radius 1 is 1.33 bits per heavy atom. The number of nitrogens with zero attached hydrogens (tertiary/aromatic N) is 3. The van der Waals surface area contributed by atoms with Gasteiger partial charge in [-0.15, -0.1) is 0 Å². The third-order valence-electron chi connectivity index (χ3n) is 5.30. The molecule has 144 valence electrons. The standard InChI is InChI=1S/C19H23N3O5/c1-2-8-19(18(26)27)11-21(9-7-15(19)23)16(24)10-22-12-20-14-6-4-3-5-13(14)17(22)25/h3-6,12,15,23H,2,7-11H2,1H3,(H,26,27)/t15-,19+/m1/s1. The highest BCUT2D eigenvalue weighted by Gasteiger charge is 2.49. The van der Waals surface area contributed by atoms with Crippen molar-refractivity contribution < 1.29 is 19.8 Å². The number of hydrogen-bond acceptors (Lipinski definition) is 5.